The van der Waals surface area contributed by atoms with Gasteiger partial charge in [0, 0.05) is 30.3 Å². The van der Waals surface area contributed by atoms with E-state index in [0.29, 0.717) is 12.0 Å². The highest BCUT2D eigenvalue weighted by Gasteiger charge is 2.46. The molecule has 1 amide bonds. The number of carbonyl (C=O) groups is 1. The molecule has 3 rings (SSSR count). The van der Waals surface area contributed by atoms with Gasteiger partial charge in [0.2, 0.25) is 0 Å². The van der Waals surface area contributed by atoms with E-state index < -0.39 is 23.1 Å². The number of halogens is 3. The summed E-state index contributed by atoms with van der Waals surface area (Å²) in [5.74, 6) is -0.757. The predicted octanol–water partition coefficient (Wildman–Crippen LogP) is 5.32. The molecule has 0 saturated heterocycles. The van der Waals surface area contributed by atoms with Crippen molar-refractivity contribution in [2.45, 2.75) is 38.1 Å². The maximum atomic E-state index is 15.0. The fourth-order valence-corrected chi connectivity index (χ4v) is 5.32. The van der Waals surface area contributed by atoms with Gasteiger partial charge >= 0.3 is 0 Å². The predicted molar refractivity (Wildman–Crippen MR) is 117 cm³/mol. The molecule has 1 aromatic rings. The van der Waals surface area contributed by atoms with Crippen molar-refractivity contribution in [2.24, 2.45) is 15.9 Å². The van der Waals surface area contributed by atoms with Gasteiger partial charge in [0.05, 0.1) is 16.3 Å². The van der Waals surface area contributed by atoms with Crippen molar-refractivity contribution >= 4 is 45.7 Å². The van der Waals surface area contributed by atoms with Crippen LogP contribution in [0.1, 0.15) is 38.2 Å². The zero-order chi connectivity index (χ0) is 21.0. The maximum absolute atomic E-state index is 15.0. The second kappa shape index (κ2) is 9.39. The molecule has 2 aliphatic rings. The van der Waals surface area contributed by atoms with E-state index in [4.69, 9.17) is 16.6 Å². The molecular weight excluding hydrogens is 416 g/mol. The quantitative estimate of drug-likeness (QED) is 0.498. The van der Waals surface area contributed by atoms with Crippen LogP contribution in [0.15, 0.2) is 34.3 Å². The molecule has 0 spiro atoms. The Morgan fingerprint density at radius 1 is 1.41 bits per heavy atom. The lowest BCUT2D eigenvalue weighted by molar-refractivity contribution is -0.110. The second-order valence-corrected chi connectivity index (χ2v) is 8.76. The summed E-state index contributed by atoms with van der Waals surface area (Å²) in [4.78, 5) is 21.2. The summed E-state index contributed by atoms with van der Waals surface area (Å²) < 4.78 is 29.5. The molecule has 1 aliphatic carbocycles. The third-order valence-electron chi connectivity index (χ3n) is 5.50. The van der Waals surface area contributed by atoms with Crippen LogP contribution in [-0.2, 0) is 10.3 Å². The molecule has 1 aliphatic heterocycles. The van der Waals surface area contributed by atoms with E-state index in [1.54, 1.807) is 17.8 Å². The van der Waals surface area contributed by atoms with Crippen molar-refractivity contribution < 1.29 is 13.6 Å². The molecule has 0 bridgehead atoms. The molecule has 0 radical (unpaired) electrons. The number of aliphatic imine (C=N–C) groups is 2. The van der Waals surface area contributed by atoms with E-state index in [1.807, 2.05) is 6.92 Å². The molecule has 8 heteroatoms. The summed E-state index contributed by atoms with van der Waals surface area (Å²) in [6, 6.07) is 2.25. The van der Waals surface area contributed by atoms with Crippen LogP contribution in [0.5, 0.6) is 0 Å². The van der Waals surface area contributed by atoms with Gasteiger partial charge in [-0.25, -0.2) is 8.78 Å². The summed E-state index contributed by atoms with van der Waals surface area (Å²) in [6.07, 6.45) is 6.72. The average Bonchev–Trinajstić information content (AvgIpc) is 2.70. The van der Waals surface area contributed by atoms with Crippen LogP contribution in [0.25, 0.3) is 0 Å². The van der Waals surface area contributed by atoms with E-state index in [1.165, 1.54) is 19.2 Å². The Balaban J connectivity index is 2.01. The number of hydrogen-bond acceptors (Lipinski definition) is 4. The van der Waals surface area contributed by atoms with E-state index in [-0.39, 0.29) is 23.2 Å². The summed E-state index contributed by atoms with van der Waals surface area (Å²) >= 11 is 7.29. The van der Waals surface area contributed by atoms with Gasteiger partial charge in [-0.05, 0) is 37.8 Å². The topological polar surface area (TPSA) is 53.8 Å². The standard InChI is InChI=1S/C21H24ClF2N3OS/c1-13-27-21(8-4-3-6-14(21)12-29-13)15-10-19(17(24)11-16(15)23)26-20(28)18(25-2)7-5-9-22/h5,7,10-11,14H,3-4,6,8-9,12H2,1-2H3,(H,26,28)/b7-5-,25-18+/t14-,21-/m0/s1. The maximum Gasteiger partial charge on any atom is 0.273 e. The third kappa shape index (κ3) is 4.56. The Bertz CT molecular complexity index is 887. The van der Waals surface area contributed by atoms with Crippen molar-refractivity contribution in [3.63, 3.8) is 0 Å². The van der Waals surface area contributed by atoms with Gasteiger partial charge < -0.3 is 5.32 Å². The minimum absolute atomic E-state index is 0.0726. The van der Waals surface area contributed by atoms with Crippen LogP contribution in [-0.4, -0.2) is 35.3 Å². The van der Waals surface area contributed by atoms with Crippen LogP contribution in [0.2, 0.25) is 0 Å². The number of thioether (sulfide) groups is 1. The van der Waals surface area contributed by atoms with E-state index in [0.717, 1.165) is 36.1 Å². The molecule has 1 aromatic carbocycles. The van der Waals surface area contributed by atoms with E-state index in [9.17, 15) is 13.6 Å². The summed E-state index contributed by atoms with van der Waals surface area (Å²) in [6.45, 7) is 1.93. The highest BCUT2D eigenvalue weighted by molar-refractivity contribution is 8.13. The Labute approximate surface area is 178 Å². The molecule has 1 saturated carbocycles. The Hall–Kier alpha value is -1.73. The highest BCUT2D eigenvalue weighted by atomic mass is 35.5. The van der Waals surface area contributed by atoms with Crippen molar-refractivity contribution in [3.8, 4) is 0 Å². The van der Waals surface area contributed by atoms with Crippen molar-refractivity contribution in [1.29, 1.82) is 0 Å². The number of rotatable bonds is 5. The van der Waals surface area contributed by atoms with Gasteiger partial charge in [-0.2, -0.15) is 0 Å². The number of carbonyl (C=O) groups excluding carboxylic acids is 1. The van der Waals surface area contributed by atoms with Gasteiger partial charge in [0.15, 0.2) is 0 Å². The molecule has 0 aromatic heterocycles. The monoisotopic (exact) mass is 439 g/mol. The van der Waals surface area contributed by atoms with Crippen LogP contribution < -0.4 is 5.32 Å². The first-order valence-corrected chi connectivity index (χ1v) is 11.1. The number of amides is 1. The number of benzene rings is 1. The third-order valence-corrected chi connectivity index (χ3v) is 6.75. The van der Waals surface area contributed by atoms with Gasteiger partial charge in [-0.3, -0.25) is 14.8 Å². The Kier molecular flexibility index (Phi) is 7.11. The number of alkyl halides is 1. The van der Waals surface area contributed by atoms with Gasteiger partial charge in [-0.1, -0.05) is 18.9 Å². The number of hydrogen-bond donors (Lipinski definition) is 1. The number of nitrogens with one attached hydrogen (secondary N) is 1. The Morgan fingerprint density at radius 3 is 2.93 bits per heavy atom. The van der Waals surface area contributed by atoms with Crippen LogP contribution in [0.3, 0.4) is 0 Å². The van der Waals surface area contributed by atoms with Crippen LogP contribution in [0.4, 0.5) is 14.5 Å². The molecule has 1 N–H and O–H groups in total. The minimum atomic E-state index is -0.828. The fraction of sp³-hybridized carbons (Fsp3) is 0.476. The molecule has 2 atom stereocenters. The number of allylic oxidation sites excluding steroid dienone is 1. The molecule has 0 unspecified atom stereocenters. The molecule has 4 nitrogen and oxygen atoms in total. The average molecular weight is 440 g/mol. The zero-order valence-electron chi connectivity index (χ0n) is 16.5. The lowest BCUT2D eigenvalue weighted by Gasteiger charge is -2.44. The van der Waals surface area contributed by atoms with Crippen molar-refractivity contribution in [3.05, 3.63) is 41.5 Å². The summed E-state index contributed by atoms with van der Waals surface area (Å²) in [5, 5.41) is 3.43. The number of fused-ring (bicyclic) bond motifs is 1. The normalized spacial score (nSPS) is 24.9. The zero-order valence-corrected chi connectivity index (χ0v) is 18.0. The molecule has 1 heterocycles. The SMILES string of the molecule is C/N=C(\C=C/CCl)C(=O)Nc1cc([C@]23CCCC[C@H]2CSC(C)=N3)c(F)cc1F. The van der Waals surface area contributed by atoms with Crippen LogP contribution >= 0.6 is 23.4 Å². The fourth-order valence-electron chi connectivity index (χ4n) is 4.12. The lowest BCUT2D eigenvalue weighted by atomic mass is 9.69. The first kappa shape index (κ1) is 22.0. The summed E-state index contributed by atoms with van der Waals surface area (Å²) in [7, 11) is 1.46. The minimum Gasteiger partial charge on any atom is -0.318 e. The second-order valence-electron chi connectivity index (χ2n) is 7.24. The Morgan fingerprint density at radius 2 is 2.21 bits per heavy atom. The molecule has 1 fully saturated rings. The largest absolute Gasteiger partial charge is 0.318 e. The van der Waals surface area contributed by atoms with Crippen molar-refractivity contribution in [1.82, 2.24) is 0 Å². The van der Waals surface area contributed by atoms with Crippen molar-refractivity contribution in [2.75, 3.05) is 24.0 Å². The summed E-state index contributed by atoms with van der Waals surface area (Å²) in [5.41, 5.74) is -0.320. The molecule has 29 heavy (non-hydrogen) atoms. The van der Waals surface area contributed by atoms with E-state index >= 15 is 0 Å². The molecule has 156 valence electrons. The first-order chi connectivity index (χ1) is 13.9. The number of anilines is 1. The van der Waals surface area contributed by atoms with Gasteiger partial charge in [0.25, 0.3) is 5.91 Å². The highest BCUT2D eigenvalue weighted by Crippen LogP contribution is 2.50. The van der Waals surface area contributed by atoms with Gasteiger partial charge in [0.1, 0.15) is 17.3 Å². The lowest BCUT2D eigenvalue weighted by Crippen LogP contribution is -2.41. The molecular formula is C21H24ClF2N3OS. The van der Waals surface area contributed by atoms with Gasteiger partial charge in [-0.15, -0.1) is 23.4 Å². The van der Waals surface area contributed by atoms with E-state index in [2.05, 4.69) is 10.3 Å². The smallest absolute Gasteiger partial charge is 0.273 e. The first-order valence-electron chi connectivity index (χ1n) is 9.60. The number of nitrogens with zero attached hydrogens (tertiary/aromatic N) is 2. The van der Waals surface area contributed by atoms with Crippen LogP contribution in [0, 0.1) is 17.6 Å².